The molecule has 0 heterocycles. The number of rotatable bonds is 5. The molecule has 0 fully saturated rings. The Morgan fingerprint density at radius 2 is 1.83 bits per heavy atom. The van der Waals surface area contributed by atoms with Crippen molar-refractivity contribution in [2.45, 2.75) is 46.0 Å². The first-order chi connectivity index (χ1) is 5.40. The van der Waals surface area contributed by atoms with E-state index in [1.54, 1.807) is 0 Å². The predicted octanol–water partition coefficient (Wildman–Crippen LogP) is 2.24. The normalized spacial score (nSPS) is 17.5. The van der Waals surface area contributed by atoms with Gasteiger partial charge >= 0.3 is 0 Å². The Hall–Kier alpha value is 0.137. The van der Waals surface area contributed by atoms with Gasteiger partial charge in [-0.2, -0.15) is 0 Å². The maximum atomic E-state index is 9.03. The summed E-state index contributed by atoms with van der Waals surface area (Å²) in [4.78, 5) is 0. The molecule has 74 valence electrons. The number of aliphatic hydroxyl groups is 1. The van der Waals surface area contributed by atoms with Crippen LogP contribution in [0.2, 0.25) is 19.6 Å². The zero-order valence-corrected chi connectivity index (χ0v) is 9.92. The van der Waals surface area contributed by atoms with Crippen LogP contribution >= 0.6 is 0 Å². The summed E-state index contributed by atoms with van der Waals surface area (Å²) in [6.45, 7) is 10.9. The fourth-order valence-electron chi connectivity index (χ4n) is 1.26. The molecule has 0 aliphatic carbocycles. The molecule has 0 amide bonds. The lowest BCUT2D eigenvalue weighted by Crippen LogP contribution is -2.35. The maximum absolute atomic E-state index is 9.03. The van der Waals surface area contributed by atoms with Crippen molar-refractivity contribution in [3.63, 3.8) is 0 Å². The van der Waals surface area contributed by atoms with E-state index in [4.69, 9.17) is 9.53 Å². The molecule has 0 aromatic carbocycles. The zero-order chi connectivity index (χ0) is 9.78. The van der Waals surface area contributed by atoms with Crippen LogP contribution in [-0.2, 0) is 4.43 Å². The van der Waals surface area contributed by atoms with E-state index in [0.29, 0.717) is 5.92 Å². The summed E-state index contributed by atoms with van der Waals surface area (Å²) in [6.07, 6.45) is 1.19. The van der Waals surface area contributed by atoms with E-state index in [2.05, 4.69) is 33.5 Å². The van der Waals surface area contributed by atoms with E-state index in [1.807, 2.05) is 0 Å². The van der Waals surface area contributed by atoms with E-state index in [0.717, 1.165) is 6.42 Å². The van der Waals surface area contributed by atoms with Gasteiger partial charge in [0, 0.05) is 18.6 Å². The average Bonchev–Trinajstić information content (AvgIpc) is 1.85. The van der Waals surface area contributed by atoms with Crippen molar-refractivity contribution in [2.75, 3.05) is 6.61 Å². The molecular weight excluding hydrogens is 168 g/mol. The lowest BCUT2D eigenvalue weighted by molar-refractivity contribution is 0.0917. The Bertz CT molecular complexity index is 116. The summed E-state index contributed by atoms with van der Waals surface area (Å²) < 4.78 is 5.86. The molecule has 1 N–H and O–H groups in total. The molecule has 12 heavy (non-hydrogen) atoms. The second-order valence-electron chi connectivity index (χ2n) is 4.29. The molecule has 0 saturated carbocycles. The van der Waals surface area contributed by atoms with Gasteiger partial charge in [-0.15, -0.1) is 0 Å². The summed E-state index contributed by atoms with van der Waals surface area (Å²) in [5.74, 6) is 0.303. The first-order valence-electron chi connectivity index (χ1n) is 4.69. The van der Waals surface area contributed by atoms with Gasteiger partial charge in [0.2, 0.25) is 0 Å². The van der Waals surface area contributed by atoms with Crippen LogP contribution < -0.4 is 0 Å². The van der Waals surface area contributed by atoms with Crippen LogP contribution in [0.4, 0.5) is 0 Å². The standard InChI is InChI=1S/C9H22O2Si/c1-6-9(7-10)8(2)11-12(3,4)5/h8-10H,6-7H2,1-5H3. The lowest BCUT2D eigenvalue weighted by atomic mass is 10.0. The molecule has 2 nitrogen and oxygen atoms in total. The fourth-order valence-corrected chi connectivity index (χ4v) is 2.57. The Labute approximate surface area is 77.1 Å². The molecule has 0 rings (SSSR count). The van der Waals surface area contributed by atoms with E-state index in [-0.39, 0.29) is 12.7 Å². The average molecular weight is 190 g/mol. The quantitative estimate of drug-likeness (QED) is 0.674. The minimum absolute atomic E-state index is 0.201. The first kappa shape index (κ1) is 12.1. The summed E-state index contributed by atoms with van der Waals surface area (Å²) in [5, 5.41) is 9.03. The summed E-state index contributed by atoms with van der Waals surface area (Å²) >= 11 is 0. The molecule has 0 bridgehead atoms. The van der Waals surface area contributed by atoms with Gasteiger partial charge in [0.15, 0.2) is 8.32 Å². The van der Waals surface area contributed by atoms with E-state index >= 15 is 0 Å². The van der Waals surface area contributed by atoms with Gasteiger partial charge in [-0.3, -0.25) is 0 Å². The fraction of sp³-hybridized carbons (Fsp3) is 1.00. The summed E-state index contributed by atoms with van der Waals surface area (Å²) in [5.41, 5.74) is 0. The predicted molar refractivity (Wildman–Crippen MR) is 54.8 cm³/mol. The van der Waals surface area contributed by atoms with Crippen LogP contribution in [0.5, 0.6) is 0 Å². The van der Waals surface area contributed by atoms with Crippen molar-refractivity contribution in [2.24, 2.45) is 5.92 Å². The third-order valence-corrected chi connectivity index (χ3v) is 3.04. The summed E-state index contributed by atoms with van der Waals surface area (Å²) in [6, 6.07) is 0. The van der Waals surface area contributed by atoms with E-state index in [1.165, 1.54) is 0 Å². The minimum atomic E-state index is -1.43. The van der Waals surface area contributed by atoms with Gasteiger partial charge in [0.1, 0.15) is 0 Å². The molecule has 0 aromatic rings. The van der Waals surface area contributed by atoms with Gasteiger partial charge in [-0.1, -0.05) is 6.92 Å². The van der Waals surface area contributed by atoms with Crippen LogP contribution in [0.15, 0.2) is 0 Å². The van der Waals surface area contributed by atoms with Crippen LogP contribution in [0.1, 0.15) is 20.3 Å². The Morgan fingerprint density at radius 1 is 1.33 bits per heavy atom. The van der Waals surface area contributed by atoms with Gasteiger partial charge in [-0.05, 0) is 33.0 Å². The topological polar surface area (TPSA) is 29.5 Å². The summed E-state index contributed by atoms with van der Waals surface area (Å²) in [7, 11) is -1.43. The molecule has 0 spiro atoms. The smallest absolute Gasteiger partial charge is 0.184 e. The molecule has 0 saturated heterocycles. The van der Waals surface area contributed by atoms with Crippen LogP contribution in [0.3, 0.4) is 0 Å². The molecule has 0 aromatic heterocycles. The molecule has 0 aliphatic rings. The lowest BCUT2D eigenvalue weighted by Gasteiger charge is -2.28. The minimum Gasteiger partial charge on any atom is -0.415 e. The van der Waals surface area contributed by atoms with Gasteiger partial charge in [0.05, 0.1) is 0 Å². The van der Waals surface area contributed by atoms with Crippen LogP contribution in [0.25, 0.3) is 0 Å². The molecule has 0 aliphatic heterocycles. The Morgan fingerprint density at radius 3 is 2.08 bits per heavy atom. The van der Waals surface area contributed by atoms with Crippen molar-refractivity contribution in [3.05, 3.63) is 0 Å². The number of aliphatic hydroxyl groups excluding tert-OH is 1. The van der Waals surface area contributed by atoms with Crippen molar-refractivity contribution < 1.29 is 9.53 Å². The van der Waals surface area contributed by atoms with Crippen molar-refractivity contribution in [1.82, 2.24) is 0 Å². The first-order valence-corrected chi connectivity index (χ1v) is 8.10. The van der Waals surface area contributed by atoms with E-state index in [9.17, 15) is 0 Å². The largest absolute Gasteiger partial charge is 0.415 e. The highest BCUT2D eigenvalue weighted by molar-refractivity contribution is 6.69. The number of hydrogen-bond donors (Lipinski definition) is 1. The van der Waals surface area contributed by atoms with Crippen molar-refractivity contribution in [3.8, 4) is 0 Å². The zero-order valence-electron chi connectivity index (χ0n) is 8.92. The third kappa shape index (κ3) is 4.90. The molecular formula is C9H22O2Si. The van der Waals surface area contributed by atoms with Crippen LogP contribution in [-0.4, -0.2) is 26.1 Å². The van der Waals surface area contributed by atoms with Gasteiger partial charge < -0.3 is 9.53 Å². The Kier molecular flexibility index (Phi) is 5.05. The van der Waals surface area contributed by atoms with Gasteiger partial charge in [0.25, 0.3) is 0 Å². The Balaban J connectivity index is 3.92. The molecule has 2 unspecified atom stereocenters. The maximum Gasteiger partial charge on any atom is 0.184 e. The molecule has 3 heteroatoms. The second-order valence-corrected chi connectivity index (χ2v) is 8.75. The SMILES string of the molecule is CCC(CO)C(C)O[Si](C)(C)C. The highest BCUT2D eigenvalue weighted by Gasteiger charge is 2.22. The van der Waals surface area contributed by atoms with Crippen LogP contribution in [0, 0.1) is 5.92 Å². The highest BCUT2D eigenvalue weighted by atomic mass is 28.4. The van der Waals surface area contributed by atoms with E-state index < -0.39 is 8.32 Å². The monoisotopic (exact) mass is 190 g/mol. The number of hydrogen-bond acceptors (Lipinski definition) is 2. The highest BCUT2D eigenvalue weighted by Crippen LogP contribution is 2.16. The van der Waals surface area contributed by atoms with Gasteiger partial charge in [-0.25, -0.2) is 0 Å². The second kappa shape index (κ2) is 4.99. The van der Waals surface area contributed by atoms with Crippen molar-refractivity contribution in [1.29, 1.82) is 0 Å². The third-order valence-electron chi connectivity index (χ3n) is 1.96. The molecule has 0 radical (unpaired) electrons. The van der Waals surface area contributed by atoms with Crippen molar-refractivity contribution >= 4 is 8.32 Å². The molecule has 2 atom stereocenters.